The second-order valence-corrected chi connectivity index (χ2v) is 4.14. The van der Waals surface area contributed by atoms with Gasteiger partial charge in [0.25, 0.3) is 5.56 Å². The Morgan fingerprint density at radius 2 is 1.94 bits per heavy atom. The summed E-state index contributed by atoms with van der Waals surface area (Å²) < 4.78 is 0. The molecule has 0 saturated carbocycles. The zero-order chi connectivity index (χ0) is 13.1. The van der Waals surface area contributed by atoms with Crippen LogP contribution in [0.25, 0.3) is 11.1 Å². The molecule has 0 aliphatic heterocycles. The van der Waals surface area contributed by atoms with Crippen molar-refractivity contribution in [2.75, 3.05) is 0 Å². The molecular weight excluding hydrogens is 224 g/mol. The van der Waals surface area contributed by atoms with Crippen LogP contribution in [0, 0.1) is 18.3 Å². The van der Waals surface area contributed by atoms with Crippen LogP contribution in [0.4, 0.5) is 0 Å². The third-order valence-electron chi connectivity index (χ3n) is 3.10. The standard InChI is InChI=1S/C15H14N2O/c1-3-13-10(2)14(11-7-5-4-6-8-11)12(9-16)15(18)17-13/h4-8H,3H2,1-2H3,(H,17,18). The van der Waals surface area contributed by atoms with E-state index in [9.17, 15) is 10.1 Å². The van der Waals surface area contributed by atoms with E-state index in [0.29, 0.717) is 0 Å². The van der Waals surface area contributed by atoms with Crippen LogP contribution in [0.2, 0.25) is 0 Å². The fraction of sp³-hybridized carbons (Fsp3) is 0.200. The Kier molecular flexibility index (Phi) is 3.29. The number of aromatic nitrogens is 1. The number of benzene rings is 1. The summed E-state index contributed by atoms with van der Waals surface area (Å²) in [7, 11) is 0. The molecule has 0 radical (unpaired) electrons. The van der Waals surface area contributed by atoms with Crippen LogP contribution in [0.3, 0.4) is 0 Å². The third kappa shape index (κ3) is 1.93. The Balaban J connectivity index is 2.85. The van der Waals surface area contributed by atoms with Crippen molar-refractivity contribution >= 4 is 0 Å². The molecule has 1 aromatic heterocycles. The highest BCUT2D eigenvalue weighted by molar-refractivity contribution is 5.73. The summed E-state index contributed by atoms with van der Waals surface area (Å²) in [6, 6.07) is 11.6. The average molecular weight is 238 g/mol. The molecule has 0 unspecified atom stereocenters. The number of hydrogen-bond acceptors (Lipinski definition) is 2. The highest BCUT2D eigenvalue weighted by Gasteiger charge is 2.14. The first-order valence-electron chi connectivity index (χ1n) is 5.90. The first-order valence-corrected chi connectivity index (χ1v) is 5.90. The van der Waals surface area contributed by atoms with Gasteiger partial charge in [-0.1, -0.05) is 37.3 Å². The summed E-state index contributed by atoms with van der Waals surface area (Å²) in [6.45, 7) is 3.93. The van der Waals surface area contributed by atoms with E-state index >= 15 is 0 Å². The number of hydrogen-bond donors (Lipinski definition) is 1. The van der Waals surface area contributed by atoms with E-state index in [1.165, 1.54) is 0 Å². The highest BCUT2D eigenvalue weighted by Crippen LogP contribution is 2.26. The van der Waals surface area contributed by atoms with Crippen LogP contribution in [-0.4, -0.2) is 4.98 Å². The lowest BCUT2D eigenvalue weighted by atomic mass is 9.95. The summed E-state index contributed by atoms with van der Waals surface area (Å²) >= 11 is 0. The molecule has 2 aromatic rings. The van der Waals surface area contributed by atoms with Crippen molar-refractivity contribution in [3.05, 3.63) is 57.5 Å². The molecule has 0 aliphatic carbocycles. The lowest BCUT2D eigenvalue weighted by molar-refractivity contribution is 0.983. The minimum Gasteiger partial charge on any atom is -0.325 e. The van der Waals surface area contributed by atoms with Gasteiger partial charge in [0.1, 0.15) is 11.6 Å². The monoisotopic (exact) mass is 238 g/mol. The molecule has 1 N–H and O–H groups in total. The number of nitrogens with zero attached hydrogens (tertiary/aromatic N) is 1. The third-order valence-corrected chi connectivity index (χ3v) is 3.10. The first-order chi connectivity index (χ1) is 8.69. The SMILES string of the molecule is CCc1[nH]c(=O)c(C#N)c(-c2ccccc2)c1C. The molecule has 0 amide bonds. The van der Waals surface area contributed by atoms with Gasteiger partial charge < -0.3 is 4.98 Å². The molecule has 0 aliphatic rings. The van der Waals surface area contributed by atoms with Crippen LogP contribution in [0.1, 0.15) is 23.7 Å². The minimum atomic E-state index is -0.307. The van der Waals surface area contributed by atoms with E-state index in [2.05, 4.69) is 4.98 Å². The second kappa shape index (κ2) is 4.89. The summed E-state index contributed by atoms with van der Waals surface area (Å²) in [5.74, 6) is 0. The van der Waals surface area contributed by atoms with Gasteiger partial charge in [0.2, 0.25) is 0 Å². The molecular formula is C15H14N2O. The fourth-order valence-corrected chi connectivity index (χ4v) is 2.17. The van der Waals surface area contributed by atoms with Gasteiger partial charge in [-0.3, -0.25) is 4.79 Å². The first kappa shape index (κ1) is 12.1. The van der Waals surface area contributed by atoms with Gasteiger partial charge in [0.05, 0.1) is 0 Å². The zero-order valence-corrected chi connectivity index (χ0v) is 10.4. The van der Waals surface area contributed by atoms with Gasteiger partial charge in [-0.15, -0.1) is 0 Å². The van der Waals surface area contributed by atoms with Crippen molar-refractivity contribution in [2.24, 2.45) is 0 Å². The Labute approximate surface area is 106 Å². The molecule has 1 heterocycles. The van der Waals surface area contributed by atoms with E-state index in [1.54, 1.807) is 0 Å². The average Bonchev–Trinajstić information content (AvgIpc) is 2.41. The summed E-state index contributed by atoms with van der Waals surface area (Å²) in [6.07, 6.45) is 0.743. The summed E-state index contributed by atoms with van der Waals surface area (Å²) in [5, 5.41) is 9.18. The van der Waals surface area contributed by atoms with Crippen molar-refractivity contribution in [3.8, 4) is 17.2 Å². The van der Waals surface area contributed by atoms with E-state index in [0.717, 1.165) is 28.8 Å². The highest BCUT2D eigenvalue weighted by atomic mass is 16.1. The van der Waals surface area contributed by atoms with Crippen LogP contribution < -0.4 is 5.56 Å². The molecule has 2 rings (SSSR count). The molecule has 3 heteroatoms. The number of pyridine rings is 1. The molecule has 0 atom stereocenters. The number of H-pyrrole nitrogens is 1. The van der Waals surface area contributed by atoms with Gasteiger partial charge in [0.15, 0.2) is 0 Å². The van der Waals surface area contributed by atoms with E-state index in [4.69, 9.17) is 0 Å². The molecule has 90 valence electrons. The van der Waals surface area contributed by atoms with Crippen LogP contribution >= 0.6 is 0 Å². The van der Waals surface area contributed by atoms with Gasteiger partial charge >= 0.3 is 0 Å². The van der Waals surface area contributed by atoms with Crippen LogP contribution in [-0.2, 0) is 6.42 Å². The summed E-state index contributed by atoms with van der Waals surface area (Å²) in [4.78, 5) is 14.7. The smallest absolute Gasteiger partial charge is 0.266 e. The van der Waals surface area contributed by atoms with Crippen molar-refractivity contribution in [2.45, 2.75) is 20.3 Å². The normalized spacial score (nSPS) is 10.1. The molecule has 18 heavy (non-hydrogen) atoms. The van der Waals surface area contributed by atoms with Gasteiger partial charge in [0, 0.05) is 11.3 Å². The van der Waals surface area contributed by atoms with Gasteiger partial charge in [-0.05, 0) is 24.5 Å². The molecule has 0 fully saturated rings. The van der Waals surface area contributed by atoms with Crippen LogP contribution in [0.5, 0.6) is 0 Å². The second-order valence-electron chi connectivity index (χ2n) is 4.14. The molecule has 1 aromatic carbocycles. The Morgan fingerprint density at radius 1 is 1.28 bits per heavy atom. The number of nitrogens with one attached hydrogen (secondary N) is 1. The maximum atomic E-state index is 11.9. The van der Waals surface area contributed by atoms with Crippen molar-refractivity contribution in [1.82, 2.24) is 4.98 Å². The number of rotatable bonds is 2. The number of nitriles is 1. The molecule has 0 bridgehead atoms. The molecule has 0 spiro atoms. The Morgan fingerprint density at radius 3 is 2.50 bits per heavy atom. The van der Waals surface area contributed by atoms with Crippen molar-refractivity contribution in [3.63, 3.8) is 0 Å². The summed E-state index contributed by atoms with van der Waals surface area (Å²) in [5.41, 5.74) is 3.40. The van der Waals surface area contributed by atoms with Crippen molar-refractivity contribution < 1.29 is 0 Å². The van der Waals surface area contributed by atoms with Crippen LogP contribution in [0.15, 0.2) is 35.1 Å². The Hall–Kier alpha value is -2.34. The van der Waals surface area contributed by atoms with Gasteiger partial charge in [-0.2, -0.15) is 5.26 Å². The predicted molar refractivity (Wildman–Crippen MR) is 71.3 cm³/mol. The zero-order valence-electron chi connectivity index (χ0n) is 10.4. The quantitative estimate of drug-likeness (QED) is 0.874. The number of aryl methyl sites for hydroxylation is 1. The molecule has 0 saturated heterocycles. The topological polar surface area (TPSA) is 56.6 Å². The maximum absolute atomic E-state index is 11.9. The lowest BCUT2D eigenvalue weighted by Crippen LogP contribution is -2.16. The maximum Gasteiger partial charge on any atom is 0.266 e. The number of aromatic amines is 1. The van der Waals surface area contributed by atoms with E-state index in [-0.39, 0.29) is 11.1 Å². The largest absolute Gasteiger partial charge is 0.325 e. The minimum absolute atomic E-state index is 0.191. The lowest BCUT2D eigenvalue weighted by Gasteiger charge is -2.11. The van der Waals surface area contributed by atoms with Gasteiger partial charge in [-0.25, -0.2) is 0 Å². The van der Waals surface area contributed by atoms with E-state index < -0.39 is 0 Å². The molecule has 3 nitrogen and oxygen atoms in total. The Bertz CT molecular complexity index is 663. The fourth-order valence-electron chi connectivity index (χ4n) is 2.17. The van der Waals surface area contributed by atoms with E-state index in [1.807, 2.05) is 50.2 Å². The van der Waals surface area contributed by atoms with Crippen molar-refractivity contribution in [1.29, 1.82) is 5.26 Å². The predicted octanol–water partition coefficient (Wildman–Crippen LogP) is 2.78.